The van der Waals surface area contributed by atoms with E-state index in [9.17, 15) is 4.79 Å². The zero-order chi connectivity index (χ0) is 11.1. The maximum atomic E-state index is 11.5. The first kappa shape index (κ1) is 9.40. The first-order chi connectivity index (χ1) is 7.75. The summed E-state index contributed by atoms with van der Waals surface area (Å²) < 4.78 is 5.38. The minimum Gasteiger partial charge on any atom is -0.426 e. The fourth-order valence-corrected chi connectivity index (χ4v) is 2.28. The van der Waals surface area contributed by atoms with Gasteiger partial charge in [0.15, 0.2) is 0 Å². The van der Waals surface area contributed by atoms with Gasteiger partial charge in [0.05, 0.1) is 6.42 Å². The molecule has 0 aliphatic carbocycles. The Morgan fingerprint density at radius 3 is 2.88 bits per heavy atom. The summed E-state index contributed by atoms with van der Waals surface area (Å²) in [6.45, 7) is 2.06. The SMILES string of the molecule is CC1CC(=O)Oc2c1ccc1ccccc21. The first-order valence-electron chi connectivity index (χ1n) is 5.48. The zero-order valence-electron chi connectivity index (χ0n) is 9.07. The van der Waals surface area contributed by atoms with Crippen LogP contribution in [0.15, 0.2) is 36.4 Å². The maximum absolute atomic E-state index is 11.5. The van der Waals surface area contributed by atoms with Crippen LogP contribution in [0, 0.1) is 0 Å². The summed E-state index contributed by atoms with van der Waals surface area (Å²) in [6, 6.07) is 12.1. The molecule has 2 aromatic carbocycles. The van der Waals surface area contributed by atoms with Gasteiger partial charge in [-0.1, -0.05) is 43.3 Å². The molecule has 2 heteroatoms. The molecule has 0 amide bonds. The van der Waals surface area contributed by atoms with Gasteiger partial charge in [0, 0.05) is 5.39 Å². The Morgan fingerprint density at radius 1 is 1.19 bits per heavy atom. The molecule has 0 aromatic heterocycles. The molecule has 0 saturated carbocycles. The number of rotatable bonds is 0. The van der Waals surface area contributed by atoms with Crippen molar-refractivity contribution in [1.29, 1.82) is 0 Å². The largest absolute Gasteiger partial charge is 0.426 e. The smallest absolute Gasteiger partial charge is 0.311 e. The van der Waals surface area contributed by atoms with Crippen LogP contribution < -0.4 is 4.74 Å². The third-order valence-electron chi connectivity index (χ3n) is 3.13. The van der Waals surface area contributed by atoms with Gasteiger partial charge in [0.2, 0.25) is 0 Å². The molecule has 0 fully saturated rings. The van der Waals surface area contributed by atoms with E-state index in [4.69, 9.17) is 4.74 Å². The average Bonchev–Trinajstić information content (AvgIpc) is 2.28. The van der Waals surface area contributed by atoms with Crippen LogP contribution in [0.2, 0.25) is 0 Å². The monoisotopic (exact) mass is 212 g/mol. The number of hydrogen-bond donors (Lipinski definition) is 0. The van der Waals surface area contributed by atoms with Crippen molar-refractivity contribution in [2.75, 3.05) is 0 Å². The molecule has 3 rings (SSSR count). The quantitative estimate of drug-likeness (QED) is 0.495. The molecule has 1 heterocycles. The fraction of sp³-hybridized carbons (Fsp3) is 0.214. The number of ether oxygens (including phenoxy) is 1. The average molecular weight is 212 g/mol. The van der Waals surface area contributed by atoms with E-state index in [2.05, 4.69) is 19.1 Å². The predicted molar refractivity (Wildman–Crippen MR) is 62.6 cm³/mol. The molecule has 80 valence electrons. The normalized spacial score (nSPS) is 19.3. The molecule has 16 heavy (non-hydrogen) atoms. The summed E-state index contributed by atoms with van der Waals surface area (Å²) >= 11 is 0. The zero-order valence-corrected chi connectivity index (χ0v) is 9.07. The van der Waals surface area contributed by atoms with E-state index in [0.29, 0.717) is 6.42 Å². The van der Waals surface area contributed by atoms with Crippen LogP contribution in [0.3, 0.4) is 0 Å². The molecule has 1 aliphatic rings. The van der Waals surface area contributed by atoms with Crippen molar-refractivity contribution in [3.63, 3.8) is 0 Å². The highest BCUT2D eigenvalue weighted by Crippen LogP contribution is 2.39. The standard InChI is InChI=1S/C14H12O2/c1-9-8-13(15)16-14-11(9)7-6-10-4-2-3-5-12(10)14/h2-7,9H,8H2,1H3. The molecule has 1 aliphatic heterocycles. The van der Waals surface area contributed by atoms with Crippen molar-refractivity contribution < 1.29 is 9.53 Å². The number of benzene rings is 2. The van der Waals surface area contributed by atoms with Crippen molar-refractivity contribution in [1.82, 2.24) is 0 Å². The Balaban J connectivity index is 2.33. The highest BCUT2D eigenvalue weighted by atomic mass is 16.5. The van der Waals surface area contributed by atoms with Crippen LogP contribution in [0.1, 0.15) is 24.8 Å². The molecule has 0 N–H and O–H groups in total. The van der Waals surface area contributed by atoms with E-state index in [1.54, 1.807) is 0 Å². The second-order valence-corrected chi connectivity index (χ2v) is 4.28. The molecular weight excluding hydrogens is 200 g/mol. The molecule has 1 unspecified atom stereocenters. The second-order valence-electron chi connectivity index (χ2n) is 4.28. The summed E-state index contributed by atoms with van der Waals surface area (Å²) in [6.07, 6.45) is 0.478. The molecule has 0 spiro atoms. The Labute approximate surface area is 93.8 Å². The summed E-state index contributed by atoms with van der Waals surface area (Å²) in [5, 5.41) is 2.14. The van der Waals surface area contributed by atoms with Crippen molar-refractivity contribution in [3.05, 3.63) is 42.0 Å². The van der Waals surface area contributed by atoms with E-state index in [0.717, 1.165) is 22.1 Å². The van der Waals surface area contributed by atoms with Crippen molar-refractivity contribution >= 4 is 16.7 Å². The lowest BCUT2D eigenvalue weighted by molar-refractivity contribution is -0.135. The van der Waals surface area contributed by atoms with Gasteiger partial charge in [0.25, 0.3) is 0 Å². The molecule has 2 aromatic rings. The Kier molecular flexibility index (Phi) is 1.96. The van der Waals surface area contributed by atoms with Gasteiger partial charge < -0.3 is 4.74 Å². The van der Waals surface area contributed by atoms with Crippen molar-refractivity contribution in [2.45, 2.75) is 19.3 Å². The summed E-state index contributed by atoms with van der Waals surface area (Å²) in [5.41, 5.74) is 1.14. The summed E-state index contributed by atoms with van der Waals surface area (Å²) in [5.74, 6) is 0.874. The number of hydrogen-bond acceptors (Lipinski definition) is 2. The van der Waals surface area contributed by atoms with Crippen LogP contribution in [-0.2, 0) is 4.79 Å². The lowest BCUT2D eigenvalue weighted by atomic mass is 9.92. The van der Waals surface area contributed by atoms with Crippen LogP contribution in [0.4, 0.5) is 0 Å². The van der Waals surface area contributed by atoms with Crippen LogP contribution >= 0.6 is 0 Å². The van der Waals surface area contributed by atoms with Gasteiger partial charge in [-0.3, -0.25) is 4.79 Å². The summed E-state index contributed by atoms with van der Waals surface area (Å²) in [7, 11) is 0. The van der Waals surface area contributed by atoms with E-state index >= 15 is 0 Å². The second kappa shape index (κ2) is 3.34. The topological polar surface area (TPSA) is 26.3 Å². The number of fused-ring (bicyclic) bond motifs is 3. The lowest BCUT2D eigenvalue weighted by Gasteiger charge is -2.22. The van der Waals surface area contributed by atoms with Gasteiger partial charge in [-0.15, -0.1) is 0 Å². The molecule has 0 bridgehead atoms. The van der Waals surface area contributed by atoms with Gasteiger partial charge >= 0.3 is 5.97 Å². The minimum absolute atomic E-state index is 0.128. The highest BCUT2D eigenvalue weighted by Gasteiger charge is 2.25. The number of esters is 1. The third-order valence-corrected chi connectivity index (χ3v) is 3.13. The van der Waals surface area contributed by atoms with Crippen LogP contribution in [-0.4, -0.2) is 5.97 Å². The van der Waals surface area contributed by atoms with Gasteiger partial charge in [0.1, 0.15) is 5.75 Å². The van der Waals surface area contributed by atoms with Crippen LogP contribution in [0.5, 0.6) is 5.75 Å². The van der Waals surface area contributed by atoms with E-state index in [-0.39, 0.29) is 11.9 Å². The predicted octanol–water partition coefficient (Wildman–Crippen LogP) is 3.25. The van der Waals surface area contributed by atoms with Crippen molar-refractivity contribution in [2.24, 2.45) is 0 Å². The van der Waals surface area contributed by atoms with E-state index in [1.807, 2.05) is 24.3 Å². The Bertz CT molecular complexity index is 572. The summed E-state index contributed by atoms with van der Waals surface area (Å²) in [4.78, 5) is 11.5. The lowest BCUT2D eigenvalue weighted by Crippen LogP contribution is -2.18. The van der Waals surface area contributed by atoms with Gasteiger partial charge in [-0.05, 0) is 16.9 Å². The van der Waals surface area contributed by atoms with E-state index in [1.165, 1.54) is 0 Å². The van der Waals surface area contributed by atoms with Gasteiger partial charge in [-0.25, -0.2) is 0 Å². The molecular formula is C14H12O2. The minimum atomic E-state index is -0.128. The highest BCUT2D eigenvalue weighted by molar-refractivity contribution is 5.93. The third kappa shape index (κ3) is 1.30. The Morgan fingerprint density at radius 2 is 2.00 bits per heavy atom. The number of carbonyl (C=O) groups is 1. The Hall–Kier alpha value is -1.83. The molecule has 2 nitrogen and oxygen atoms in total. The fourth-order valence-electron chi connectivity index (χ4n) is 2.28. The van der Waals surface area contributed by atoms with Crippen LogP contribution in [0.25, 0.3) is 10.8 Å². The molecule has 0 radical (unpaired) electrons. The van der Waals surface area contributed by atoms with Crippen molar-refractivity contribution in [3.8, 4) is 5.75 Å². The van der Waals surface area contributed by atoms with E-state index < -0.39 is 0 Å². The number of carbonyl (C=O) groups excluding carboxylic acids is 1. The molecule has 1 atom stereocenters. The van der Waals surface area contributed by atoms with Gasteiger partial charge in [-0.2, -0.15) is 0 Å². The first-order valence-corrected chi connectivity index (χ1v) is 5.48. The molecule has 0 saturated heterocycles. The maximum Gasteiger partial charge on any atom is 0.311 e.